The third-order valence-corrected chi connectivity index (χ3v) is 5.77. The highest BCUT2D eigenvalue weighted by Gasteiger charge is 2.18. The molecular formula is C27H22FN5O2. The fraction of sp³-hybridized carbons (Fsp3) is 0.111. The van der Waals surface area contributed by atoms with Crippen molar-refractivity contribution in [1.29, 1.82) is 0 Å². The summed E-state index contributed by atoms with van der Waals surface area (Å²) in [7, 11) is 1.57. The van der Waals surface area contributed by atoms with Gasteiger partial charge in [-0.05, 0) is 35.9 Å². The molecule has 0 bridgehead atoms. The van der Waals surface area contributed by atoms with Gasteiger partial charge in [-0.15, -0.1) is 0 Å². The molecule has 2 aromatic heterocycles. The van der Waals surface area contributed by atoms with Gasteiger partial charge in [0.15, 0.2) is 0 Å². The zero-order chi connectivity index (χ0) is 24.4. The molecule has 5 aromatic rings. The van der Waals surface area contributed by atoms with E-state index in [4.69, 9.17) is 0 Å². The minimum Gasteiger partial charge on any atom is -0.312 e. The normalized spacial score (nSPS) is 11.0. The number of aryl methyl sites for hydroxylation is 1. The van der Waals surface area contributed by atoms with Crippen LogP contribution in [0.5, 0.6) is 0 Å². The van der Waals surface area contributed by atoms with Crippen LogP contribution in [0.4, 0.5) is 10.2 Å². The Hall–Kier alpha value is -4.59. The quantitative estimate of drug-likeness (QED) is 0.407. The van der Waals surface area contributed by atoms with Crippen molar-refractivity contribution in [2.75, 3.05) is 5.32 Å². The number of hydrogen-bond acceptors (Lipinski definition) is 4. The van der Waals surface area contributed by atoms with Gasteiger partial charge in [0, 0.05) is 18.0 Å². The smallest absolute Gasteiger partial charge is 0.274 e. The van der Waals surface area contributed by atoms with Gasteiger partial charge in [-0.1, -0.05) is 48.5 Å². The molecule has 3 aromatic carbocycles. The summed E-state index contributed by atoms with van der Waals surface area (Å²) < 4.78 is 16.6. The third-order valence-electron chi connectivity index (χ3n) is 5.77. The molecule has 8 heteroatoms. The van der Waals surface area contributed by atoms with Crippen LogP contribution in [0.15, 0.2) is 90.0 Å². The van der Waals surface area contributed by atoms with E-state index < -0.39 is 0 Å². The minimum absolute atomic E-state index is 0.0337. The van der Waals surface area contributed by atoms with Crippen LogP contribution in [0, 0.1) is 5.82 Å². The van der Waals surface area contributed by atoms with Crippen molar-refractivity contribution in [3.8, 4) is 11.3 Å². The molecule has 0 saturated heterocycles. The average molecular weight is 468 g/mol. The molecule has 5 rings (SSSR count). The number of anilines is 1. The van der Waals surface area contributed by atoms with Gasteiger partial charge in [-0.3, -0.25) is 9.59 Å². The van der Waals surface area contributed by atoms with Crippen LogP contribution in [0.25, 0.3) is 22.0 Å². The second kappa shape index (κ2) is 9.34. The lowest BCUT2D eigenvalue weighted by atomic mass is 10.1. The summed E-state index contributed by atoms with van der Waals surface area (Å²) in [6.45, 7) is 0.492. The van der Waals surface area contributed by atoms with Gasteiger partial charge in [0.25, 0.3) is 5.56 Å². The van der Waals surface area contributed by atoms with E-state index >= 15 is 0 Å². The van der Waals surface area contributed by atoms with Crippen molar-refractivity contribution >= 4 is 22.5 Å². The van der Waals surface area contributed by atoms with E-state index in [1.807, 2.05) is 41.0 Å². The first-order valence-corrected chi connectivity index (χ1v) is 11.1. The van der Waals surface area contributed by atoms with E-state index in [1.165, 1.54) is 16.8 Å². The molecule has 0 aliphatic carbocycles. The molecule has 0 atom stereocenters. The number of hydrogen-bond donors (Lipinski definition) is 1. The Morgan fingerprint density at radius 1 is 0.943 bits per heavy atom. The Bertz CT molecular complexity index is 1570. The summed E-state index contributed by atoms with van der Waals surface area (Å²) >= 11 is 0. The summed E-state index contributed by atoms with van der Waals surface area (Å²) in [4.78, 5) is 30.2. The average Bonchev–Trinajstić information content (AvgIpc) is 3.25. The second-order valence-electron chi connectivity index (χ2n) is 8.21. The van der Waals surface area contributed by atoms with Crippen molar-refractivity contribution < 1.29 is 9.18 Å². The predicted octanol–water partition coefficient (Wildman–Crippen LogP) is 4.17. The van der Waals surface area contributed by atoms with E-state index in [-0.39, 0.29) is 23.7 Å². The summed E-state index contributed by atoms with van der Waals surface area (Å²) in [5, 5.41) is 8.46. The lowest BCUT2D eigenvalue weighted by Crippen LogP contribution is -2.24. The first-order valence-electron chi connectivity index (χ1n) is 11.1. The molecule has 0 radical (unpaired) electrons. The molecule has 174 valence electrons. The van der Waals surface area contributed by atoms with Crippen LogP contribution in [-0.4, -0.2) is 25.2 Å². The number of aromatic nitrogens is 4. The van der Waals surface area contributed by atoms with E-state index in [0.29, 0.717) is 40.1 Å². The number of carbonyl (C=O) groups is 1. The highest BCUT2D eigenvalue weighted by Crippen LogP contribution is 2.28. The highest BCUT2D eigenvalue weighted by molar-refractivity contribution is 5.97. The van der Waals surface area contributed by atoms with Gasteiger partial charge in [-0.2, -0.15) is 5.10 Å². The molecule has 0 unspecified atom stereocenters. The van der Waals surface area contributed by atoms with E-state index in [0.717, 1.165) is 5.56 Å². The standard InChI is InChI=1S/C27H22FN5O2/c1-32-27(35)22-10-6-5-9-21(22)23(31-32)15-24(34)30-26-25(19-11-13-20(28)14-12-19)29-17-33(26)16-18-7-3-2-4-8-18/h2-14,17H,15-16H2,1H3,(H,30,34). The number of halogens is 1. The maximum Gasteiger partial charge on any atom is 0.274 e. The van der Waals surface area contributed by atoms with Crippen LogP contribution < -0.4 is 10.9 Å². The van der Waals surface area contributed by atoms with Crippen molar-refractivity contribution in [3.63, 3.8) is 0 Å². The van der Waals surface area contributed by atoms with E-state index in [1.54, 1.807) is 43.7 Å². The Morgan fingerprint density at radius 3 is 2.37 bits per heavy atom. The number of rotatable bonds is 6. The molecule has 0 aliphatic heterocycles. The van der Waals surface area contributed by atoms with Gasteiger partial charge in [0.1, 0.15) is 17.3 Å². The van der Waals surface area contributed by atoms with Crippen molar-refractivity contribution in [3.05, 3.63) is 113 Å². The Balaban J connectivity index is 1.50. The topological polar surface area (TPSA) is 81.8 Å². The predicted molar refractivity (Wildman–Crippen MR) is 132 cm³/mol. The van der Waals surface area contributed by atoms with Crippen LogP contribution in [0.2, 0.25) is 0 Å². The van der Waals surface area contributed by atoms with Gasteiger partial charge in [0.2, 0.25) is 5.91 Å². The lowest BCUT2D eigenvalue weighted by molar-refractivity contribution is -0.115. The molecule has 0 aliphatic rings. The SMILES string of the molecule is Cn1nc(CC(=O)Nc2c(-c3ccc(F)cc3)ncn2Cc2ccccc2)c2ccccc2c1=O. The van der Waals surface area contributed by atoms with E-state index in [2.05, 4.69) is 15.4 Å². The fourth-order valence-corrected chi connectivity index (χ4v) is 4.07. The molecule has 2 heterocycles. The maximum absolute atomic E-state index is 13.5. The lowest BCUT2D eigenvalue weighted by Gasteiger charge is -2.13. The summed E-state index contributed by atoms with van der Waals surface area (Å²) in [5.41, 5.74) is 2.53. The summed E-state index contributed by atoms with van der Waals surface area (Å²) in [6, 6.07) is 22.9. The zero-order valence-corrected chi connectivity index (χ0v) is 19.0. The van der Waals surface area contributed by atoms with Crippen LogP contribution >= 0.6 is 0 Å². The number of nitrogens with one attached hydrogen (secondary N) is 1. The zero-order valence-electron chi connectivity index (χ0n) is 19.0. The Morgan fingerprint density at radius 2 is 1.63 bits per heavy atom. The van der Waals surface area contributed by atoms with Gasteiger partial charge in [0.05, 0.1) is 30.4 Å². The van der Waals surface area contributed by atoms with Crippen molar-refractivity contribution in [2.45, 2.75) is 13.0 Å². The highest BCUT2D eigenvalue weighted by atomic mass is 19.1. The molecule has 1 N–H and O–H groups in total. The molecule has 35 heavy (non-hydrogen) atoms. The molecular weight excluding hydrogens is 445 g/mol. The Labute approximate surface area is 200 Å². The summed E-state index contributed by atoms with van der Waals surface area (Å²) in [6.07, 6.45) is 1.62. The third kappa shape index (κ3) is 4.59. The number of nitrogens with zero attached hydrogens (tertiary/aromatic N) is 4. The van der Waals surface area contributed by atoms with Crippen LogP contribution in [0.3, 0.4) is 0 Å². The minimum atomic E-state index is -0.351. The fourth-order valence-electron chi connectivity index (χ4n) is 4.07. The van der Waals surface area contributed by atoms with Crippen molar-refractivity contribution in [2.24, 2.45) is 7.05 Å². The Kier molecular flexibility index (Phi) is 5.93. The monoisotopic (exact) mass is 467 g/mol. The molecule has 7 nitrogen and oxygen atoms in total. The molecule has 0 saturated carbocycles. The van der Waals surface area contributed by atoms with Gasteiger partial charge >= 0.3 is 0 Å². The van der Waals surface area contributed by atoms with Crippen LogP contribution in [0.1, 0.15) is 11.3 Å². The largest absolute Gasteiger partial charge is 0.312 e. The number of fused-ring (bicyclic) bond motifs is 1. The van der Waals surface area contributed by atoms with Gasteiger partial charge in [-0.25, -0.2) is 14.1 Å². The molecule has 0 spiro atoms. The van der Waals surface area contributed by atoms with E-state index in [9.17, 15) is 14.0 Å². The number of carbonyl (C=O) groups excluding carboxylic acids is 1. The second-order valence-corrected chi connectivity index (χ2v) is 8.21. The number of amides is 1. The maximum atomic E-state index is 13.5. The first kappa shape index (κ1) is 22.2. The number of imidazole rings is 1. The summed E-state index contributed by atoms with van der Waals surface area (Å²) in [5.74, 6) is -0.158. The van der Waals surface area contributed by atoms with Crippen molar-refractivity contribution in [1.82, 2.24) is 19.3 Å². The van der Waals surface area contributed by atoms with Crippen LogP contribution in [-0.2, 0) is 24.8 Å². The van der Waals surface area contributed by atoms with Gasteiger partial charge < -0.3 is 9.88 Å². The number of benzene rings is 3. The first-order chi connectivity index (χ1) is 17.0. The molecule has 0 fully saturated rings. The molecule has 1 amide bonds.